The van der Waals surface area contributed by atoms with Crippen LogP contribution in [0.1, 0.15) is 27.3 Å². The predicted octanol–water partition coefficient (Wildman–Crippen LogP) is 2.78. The molecule has 32 heavy (non-hydrogen) atoms. The molecule has 2 heterocycles. The lowest BCUT2D eigenvalue weighted by Crippen LogP contribution is -2.35. The van der Waals surface area contributed by atoms with Crippen molar-refractivity contribution >= 4 is 28.5 Å². The van der Waals surface area contributed by atoms with E-state index in [4.69, 9.17) is 9.15 Å². The van der Waals surface area contributed by atoms with Crippen LogP contribution in [0.4, 0.5) is 5.69 Å². The lowest BCUT2D eigenvalue weighted by atomic mass is 10.1. The number of aromatic nitrogens is 2. The van der Waals surface area contributed by atoms with Crippen molar-refractivity contribution in [2.75, 3.05) is 11.9 Å². The van der Waals surface area contributed by atoms with Crippen molar-refractivity contribution in [3.05, 3.63) is 99.1 Å². The molecule has 0 radical (unpaired) electrons. The van der Waals surface area contributed by atoms with Crippen molar-refractivity contribution in [3.63, 3.8) is 0 Å². The summed E-state index contributed by atoms with van der Waals surface area (Å²) in [5.74, 6) is -1.02. The molecule has 0 spiro atoms. The minimum absolute atomic E-state index is 0.0159. The standard InChI is InChI=1S/C23H19N3O6/c27-20(19-11-5-13-31-19)24-18-10-4-2-8-16(18)22(29)32-14-6-12-26-21(28)15-7-1-3-9-17(15)25-23(26)30/h1-5,7-11,13H,6,12,14H2,(H,24,27)(H,25,30). The second-order valence-corrected chi connectivity index (χ2v) is 6.90. The Balaban J connectivity index is 1.39. The molecule has 4 rings (SSSR count). The van der Waals surface area contributed by atoms with Gasteiger partial charge in [0.2, 0.25) is 0 Å². The predicted molar refractivity (Wildman–Crippen MR) is 117 cm³/mol. The normalized spacial score (nSPS) is 10.8. The highest BCUT2D eigenvalue weighted by molar-refractivity contribution is 6.06. The van der Waals surface area contributed by atoms with Crippen LogP contribution in [0.2, 0.25) is 0 Å². The first-order valence-electron chi connectivity index (χ1n) is 9.87. The average Bonchev–Trinajstić information content (AvgIpc) is 3.34. The van der Waals surface area contributed by atoms with Gasteiger partial charge in [0.1, 0.15) is 0 Å². The number of hydrogen-bond donors (Lipinski definition) is 2. The number of anilines is 1. The van der Waals surface area contributed by atoms with E-state index in [1.54, 1.807) is 48.5 Å². The highest BCUT2D eigenvalue weighted by Crippen LogP contribution is 2.18. The van der Waals surface area contributed by atoms with E-state index in [0.29, 0.717) is 10.9 Å². The van der Waals surface area contributed by atoms with Crippen LogP contribution >= 0.6 is 0 Å². The second-order valence-electron chi connectivity index (χ2n) is 6.90. The van der Waals surface area contributed by atoms with Crippen LogP contribution in [0.5, 0.6) is 0 Å². The first-order chi connectivity index (χ1) is 15.5. The third kappa shape index (κ3) is 4.36. The Morgan fingerprint density at radius 1 is 1.00 bits per heavy atom. The van der Waals surface area contributed by atoms with Crippen molar-refractivity contribution in [2.45, 2.75) is 13.0 Å². The monoisotopic (exact) mass is 433 g/mol. The van der Waals surface area contributed by atoms with E-state index in [-0.39, 0.29) is 36.6 Å². The molecule has 0 bridgehead atoms. The molecule has 9 nitrogen and oxygen atoms in total. The van der Waals surface area contributed by atoms with E-state index in [9.17, 15) is 19.2 Å². The number of carbonyl (C=O) groups is 2. The smallest absolute Gasteiger partial charge is 0.340 e. The average molecular weight is 433 g/mol. The van der Waals surface area contributed by atoms with Crippen molar-refractivity contribution < 1.29 is 18.7 Å². The van der Waals surface area contributed by atoms with Crippen LogP contribution in [0.15, 0.2) is 80.9 Å². The number of fused-ring (bicyclic) bond motifs is 1. The summed E-state index contributed by atoms with van der Waals surface area (Å²) in [7, 11) is 0. The molecule has 0 saturated carbocycles. The van der Waals surface area contributed by atoms with E-state index in [2.05, 4.69) is 10.3 Å². The molecule has 2 aromatic heterocycles. The van der Waals surface area contributed by atoms with Gasteiger partial charge in [-0.25, -0.2) is 9.59 Å². The third-order valence-electron chi connectivity index (χ3n) is 4.79. The number of nitrogens with one attached hydrogen (secondary N) is 2. The summed E-state index contributed by atoms with van der Waals surface area (Å²) in [5, 5.41) is 3.03. The van der Waals surface area contributed by atoms with Gasteiger partial charge < -0.3 is 19.5 Å². The van der Waals surface area contributed by atoms with Gasteiger partial charge in [-0.2, -0.15) is 0 Å². The number of furan rings is 1. The number of rotatable bonds is 7. The van der Waals surface area contributed by atoms with E-state index in [1.165, 1.54) is 18.4 Å². The first-order valence-corrected chi connectivity index (χ1v) is 9.87. The summed E-state index contributed by atoms with van der Waals surface area (Å²) >= 11 is 0. The van der Waals surface area contributed by atoms with Gasteiger partial charge in [0.15, 0.2) is 5.76 Å². The Labute approximate surface area is 181 Å². The highest BCUT2D eigenvalue weighted by atomic mass is 16.5. The molecule has 162 valence electrons. The molecular weight excluding hydrogens is 414 g/mol. The zero-order chi connectivity index (χ0) is 22.5. The number of benzene rings is 2. The van der Waals surface area contributed by atoms with Gasteiger partial charge >= 0.3 is 11.7 Å². The summed E-state index contributed by atoms with van der Waals surface area (Å²) < 4.78 is 11.4. The van der Waals surface area contributed by atoms with Crippen molar-refractivity contribution in [1.82, 2.24) is 9.55 Å². The molecule has 2 aromatic carbocycles. The number of esters is 1. The lowest BCUT2D eigenvalue weighted by molar-refractivity contribution is 0.0496. The topological polar surface area (TPSA) is 123 Å². The van der Waals surface area contributed by atoms with Gasteiger partial charge in [0.05, 0.1) is 35.0 Å². The molecule has 0 aliphatic rings. The quantitative estimate of drug-likeness (QED) is 0.341. The molecule has 0 aliphatic carbocycles. The van der Waals surface area contributed by atoms with Gasteiger partial charge in [-0.05, 0) is 42.8 Å². The number of carbonyl (C=O) groups excluding carboxylic acids is 2. The molecule has 0 aliphatic heterocycles. The molecule has 0 saturated heterocycles. The molecular formula is C23H19N3O6. The Hall–Kier alpha value is -4.40. The SMILES string of the molecule is O=C(Nc1ccccc1C(=O)OCCCn1c(=O)[nH]c2ccccc2c1=O)c1ccco1. The van der Waals surface area contributed by atoms with Gasteiger partial charge in [-0.1, -0.05) is 24.3 Å². The molecule has 2 N–H and O–H groups in total. The van der Waals surface area contributed by atoms with Crippen LogP contribution in [-0.4, -0.2) is 28.0 Å². The maximum Gasteiger partial charge on any atom is 0.340 e. The van der Waals surface area contributed by atoms with Crippen LogP contribution in [-0.2, 0) is 11.3 Å². The number of H-pyrrole nitrogens is 1. The fourth-order valence-electron chi connectivity index (χ4n) is 3.23. The first kappa shape index (κ1) is 20.9. The van der Waals surface area contributed by atoms with Gasteiger partial charge in [-0.15, -0.1) is 0 Å². The van der Waals surface area contributed by atoms with Gasteiger partial charge in [-0.3, -0.25) is 14.2 Å². The van der Waals surface area contributed by atoms with Crippen LogP contribution in [0.25, 0.3) is 10.9 Å². The van der Waals surface area contributed by atoms with E-state index in [1.807, 2.05) is 0 Å². The molecule has 0 atom stereocenters. The van der Waals surface area contributed by atoms with Crippen molar-refractivity contribution in [2.24, 2.45) is 0 Å². The lowest BCUT2D eigenvalue weighted by Gasteiger charge is -2.11. The Morgan fingerprint density at radius 3 is 2.59 bits per heavy atom. The van der Waals surface area contributed by atoms with Crippen LogP contribution < -0.4 is 16.6 Å². The minimum Gasteiger partial charge on any atom is -0.462 e. The molecule has 1 amide bonds. The molecule has 0 unspecified atom stereocenters. The zero-order valence-corrected chi connectivity index (χ0v) is 16.9. The summed E-state index contributed by atoms with van der Waals surface area (Å²) in [5.41, 5.74) is 0.000250. The Morgan fingerprint density at radius 2 is 1.78 bits per heavy atom. The van der Waals surface area contributed by atoms with E-state index in [0.717, 1.165) is 4.57 Å². The van der Waals surface area contributed by atoms with E-state index < -0.39 is 23.1 Å². The number of amides is 1. The Kier molecular flexibility index (Phi) is 5.98. The van der Waals surface area contributed by atoms with Crippen LogP contribution in [0, 0.1) is 0 Å². The largest absolute Gasteiger partial charge is 0.462 e. The summed E-state index contributed by atoms with van der Waals surface area (Å²) in [6, 6.07) is 16.3. The summed E-state index contributed by atoms with van der Waals surface area (Å²) in [6.07, 6.45) is 1.63. The van der Waals surface area contributed by atoms with Crippen molar-refractivity contribution in [3.8, 4) is 0 Å². The second kappa shape index (κ2) is 9.17. The fraction of sp³-hybridized carbons (Fsp3) is 0.130. The molecule has 0 fully saturated rings. The number of para-hydroxylation sites is 2. The third-order valence-corrected chi connectivity index (χ3v) is 4.79. The number of aromatic amines is 1. The maximum absolute atomic E-state index is 12.5. The molecule has 4 aromatic rings. The van der Waals surface area contributed by atoms with Gasteiger partial charge in [0.25, 0.3) is 11.5 Å². The summed E-state index contributed by atoms with van der Waals surface area (Å²) in [4.78, 5) is 52.1. The molecule has 9 heteroatoms. The number of ether oxygens (including phenoxy) is 1. The number of hydrogen-bond acceptors (Lipinski definition) is 6. The van der Waals surface area contributed by atoms with Gasteiger partial charge in [0, 0.05) is 6.54 Å². The fourth-order valence-corrected chi connectivity index (χ4v) is 3.23. The maximum atomic E-state index is 12.5. The van der Waals surface area contributed by atoms with Crippen LogP contribution in [0.3, 0.4) is 0 Å². The Bertz CT molecular complexity index is 1380. The highest BCUT2D eigenvalue weighted by Gasteiger charge is 2.16. The van der Waals surface area contributed by atoms with Crippen molar-refractivity contribution in [1.29, 1.82) is 0 Å². The number of nitrogens with zero attached hydrogens (tertiary/aromatic N) is 1. The summed E-state index contributed by atoms with van der Waals surface area (Å²) in [6.45, 7) is 0.0706. The minimum atomic E-state index is -0.639. The zero-order valence-electron chi connectivity index (χ0n) is 16.9. The van der Waals surface area contributed by atoms with E-state index >= 15 is 0 Å².